The van der Waals surface area contributed by atoms with E-state index >= 15 is 0 Å². The molecule has 0 atom stereocenters. The molecular weight excluding hydrogens is 280 g/mol. The van der Waals surface area contributed by atoms with Crippen LogP contribution in [-0.4, -0.2) is 8.42 Å². The van der Waals surface area contributed by atoms with Gasteiger partial charge in [0.2, 0.25) is 0 Å². The molecular formula is C15H15ClO2S. The first-order chi connectivity index (χ1) is 8.79. The molecule has 0 spiro atoms. The van der Waals surface area contributed by atoms with Crippen LogP contribution in [0, 0.1) is 20.8 Å². The molecule has 19 heavy (non-hydrogen) atoms. The van der Waals surface area contributed by atoms with Crippen molar-refractivity contribution in [3.8, 4) is 11.1 Å². The van der Waals surface area contributed by atoms with E-state index in [9.17, 15) is 8.42 Å². The van der Waals surface area contributed by atoms with Gasteiger partial charge in [0.25, 0.3) is 9.05 Å². The fourth-order valence-corrected chi connectivity index (χ4v) is 2.85. The zero-order chi connectivity index (χ0) is 14.2. The lowest BCUT2D eigenvalue weighted by molar-refractivity contribution is 0.609. The standard InChI is InChI=1S/C15H15ClO2S/c1-10-4-5-11(2)14(8-10)15-9-13(19(16,17)18)7-6-12(15)3/h4-9H,1-3H3. The molecule has 0 unspecified atom stereocenters. The molecule has 0 aliphatic heterocycles. The Kier molecular flexibility index (Phi) is 3.70. The Hall–Kier alpha value is -1.32. The van der Waals surface area contributed by atoms with Crippen LogP contribution in [0.1, 0.15) is 16.7 Å². The molecule has 100 valence electrons. The van der Waals surface area contributed by atoms with E-state index in [1.54, 1.807) is 12.1 Å². The highest BCUT2D eigenvalue weighted by Crippen LogP contribution is 2.30. The van der Waals surface area contributed by atoms with Gasteiger partial charge in [-0.3, -0.25) is 0 Å². The van der Waals surface area contributed by atoms with E-state index in [1.165, 1.54) is 6.07 Å². The summed E-state index contributed by atoms with van der Waals surface area (Å²) in [6.45, 7) is 5.98. The van der Waals surface area contributed by atoms with Crippen molar-refractivity contribution in [2.75, 3.05) is 0 Å². The average Bonchev–Trinajstić information content (AvgIpc) is 2.32. The summed E-state index contributed by atoms with van der Waals surface area (Å²) in [6.07, 6.45) is 0. The minimum absolute atomic E-state index is 0.135. The Bertz CT molecular complexity index is 734. The minimum Gasteiger partial charge on any atom is -0.207 e. The van der Waals surface area contributed by atoms with E-state index < -0.39 is 9.05 Å². The topological polar surface area (TPSA) is 34.1 Å². The summed E-state index contributed by atoms with van der Waals surface area (Å²) in [5.74, 6) is 0. The van der Waals surface area contributed by atoms with Crippen molar-refractivity contribution in [2.45, 2.75) is 25.7 Å². The van der Waals surface area contributed by atoms with Gasteiger partial charge >= 0.3 is 0 Å². The number of rotatable bonds is 2. The SMILES string of the molecule is Cc1ccc(C)c(-c2cc(S(=O)(=O)Cl)ccc2C)c1. The number of halogens is 1. The van der Waals surface area contributed by atoms with E-state index in [4.69, 9.17) is 10.7 Å². The first-order valence-corrected chi connectivity index (χ1v) is 8.23. The number of aryl methyl sites for hydroxylation is 3. The molecule has 0 fully saturated rings. The molecule has 4 heteroatoms. The molecule has 0 bridgehead atoms. The zero-order valence-electron chi connectivity index (χ0n) is 11.1. The summed E-state index contributed by atoms with van der Waals surface area (Å²) >= 11 is 0. The lowest BCUT2D eigenvalue weighted by atomic mass is 9.95. The van der Waals surface area contributed by atoms with Crippen molar-refractivity contribution < 1.29 is 8.42 Å². The average molecular weight is 295 g/mol. The lowest BCUT2D eigenvalue weighted by Gasteiger charge is -2.11. The van der Waals surface area contributed by atoms with Crippen molar-refractivity contribution in [1.82, 2.24) is 0 Å². The van der Waals surface area contributed by atoms with Crippen LogP contribution in [-0.2, 0) is 9.05 Å². The fourth-order valence-electron chi connectivity index (χ4n) is 2.07. The van der Waals surface area contributed by atoms with Crippen LogP contribution in [0.5, 0.6) is 0 Å². The predicted octanol–water partition coefficient (Wildman–Crippen LogP) is 4.21. The van der Waals surface area contributed by atoms with Crippen LogP contribution in [0.4, 0.5) is 0 Å². The summed E-state index contributed by atoms with van der Waals surface area (Å²) in [7, 11) is 1.71. The molecule has 2 nitrogen and oxygen atoms in total. The highest BCUT2D eigenvalue weighted by Gasteiger charge is 2.13. The maximum absolute atomic E-state index is 11.4. The Balaban J connectivity index is 2.71. The second-order valence-electron chi connectivity index (χ2n) is 4.73. The summed E-state index contributed by atoms with van der Waals surface area (Å²) in [5, 5.41) is 0. The Morgan fingerprint density at radius 2 is 1.37 bits per heavy atom. The summed E-state index contributed by atoms with van der Waals surface area (Å²) < 4.78 is 22.9. The number of benzene rings is 2. The summed E-state index contributed by atoms with van der Waals surface area (Å²) in [6, 6.07) is 11.1. The third-order valence-electron chi connectivity index (χ3n) is 3.17. The highest BCUT2D eigenvalue weighted by atomic mass is 35.7. The van der Waals surface area contributed by atoms with Crippen molar-refractivity contribution in [3.63, 3.8) is 0 Å². The molecule has 0 aliphatic carbocycles. The van der Waals surface area contributed by atoms with Crippen LogP contribution < -0.4 is 0 Å². The molecule has 0 aromatic heterocycles. The molecule has 0 heterocycles. The van der Waals surface area contributed by atoms with Crippen molar-refractivity contribution in [2.24, 2.45) is 0 Å². The van der Waals surface area contributed by atoms with Crippen LogP contribution >= 0.6 is 10.7 Å². The zero-order valence-corrected chi connectivity index (χ0v) is 12.6. The van der Waals surface area contributed by atoms with Crippen molar-refractivity contribution >= 4 is 19.7 Å². The first kappa shape index (κ1) is 14.1. The summed E-state index contributed by atoms with van der Waals surface area (Å²) in [4.78, 5) is 0.135. The van der Waals surface area contributed by atoms with Gasteiger partial charge in [-0.1, -0.05) is 29.8 Å². The molecule has 0 saturated carbocycles. The van der Waals surface area contributed by atoms with Crippen molar-refractivity contribution in [3.05, 3.63) is 53.1 Å². The number of hydrogen-bond donors (Lipinski definition) is 0. The third kappa shape index (κ3) is 2.99. The van der Waals surface area contributed by atoms with Gasteiger partial charge in [-0.05, 0) is 55.2 Å². The number of hydrogen-bond acceptors (Lipinski definition) is 2. The maximum Gasteiger partial charge on any atom is 0.261 e. The first-order valence-electron chi connectivity index (χ1n) is 5.92. The molecule has 0 N–H and O–H groups in total. The Labute approximate surface area is 118 Å². The van der Waals surface area contributed by atoms with Gasteiger partial charge < -0.3 is 0 Å². The summed E-state index contributed by atoms with van der Waals surface area (Å²) in [5.41, 5.74) is 5.22. The highest BCUT2D eigenvalue weighted by molar-refractivity contribution is 8.13. The van der Waals surface area contributed by atoms with E-state index in [1.807, 2.05) is 32.9 Å². The molecule has 0 aliphatic rings. The minimum atomic E-state index is -3.70. The van der Waals surface area contributed by atoms with Gasteiger partial charge in [0.15, 0.2) is 0 Å². The van der Waals surface area contributed by atoms with E-state index in [2.05, 4.69) is 6.07 Å². The Morgan fingerprint density at radius 1 is 0.842 bits per heavy atom. The van der Waals surface area contributed by atoms with Crippen LogP contribution in [0.2, 0.25) is 0 Å². The maximum atomic E-state index is 11.4. The molecule has 2 aromatic carbocycles. The fraction of sp³-hybridized carbons (Fsp3) is 0.200. The van der Waals surface area contributed by atoms with Gasteiger partial charge in [-0.15, -0.1) is 0 Å². The van der Waals surface area contributed by atoms with E-state index in [0.717, 1.165) is 27.8 Å². The monoisotopic (exact) mass is 294 g/mol. The third-order valence-corrected chi connectivity index (χ3v) is 4.53. The molecule has 2 rings (SSSR count). The molecule has 0 saturated heterocycles. The smallest absolute Gasteiger partial charge is 0.207 e. The second-order valence-corrected chi connectivity index (χ2v) is 7.30. The molecule has 0 amide bonds. The lowest BCUT2D eigenvalue weighted by Crippen LogP contribution is -1.94. The normalized spacial score (nSPS) is 11.6. The van der Waals surface area contributed by atoms with Crippen molar-refractivity contribution in [1.29, 1.82) is 0 Å². The van der Waals surface area contributed by atoms with E-state index in [0.29, 0.717) is 0 Å². The largest absolute Gasteiger partial charge is 0.261 e. The molecule has 0 radical (unpaired) electrons. The van der Waals surface area contributed by atoms with Gasteiger partial charge in [-0.25, -0.2) is 8.42 Å². The predicted molar refractivity (Wildman–Crippen MR) is 79.1 cm³/mol. The second kappa shape index (κ2) is 4.99. The Morgan fingerprint density at radius 3 is 1.95 bits per heavy atom. The quantitative estimate of drug-likeness (QED) is 0.778. The van der Waals surface area contributed by atoms with Crippen LogP contribution in [0.3, 0.4) is 0 Å². The van der Waals surface area contributed by atoms with Crippen LogP contribution in [0.15, 0.2) is 41.3 Å². The van der Waals surface area contributed by atoms with Gasteiger partial charge in [0.1, 0.15) is 0 Å². The van der Waals surface area contributed by atoms with Gasteiger partial charge in [0.05, 0.1) is 4.90 Å². The van der Waals surface area contributed by atoms with Gasteiger partial charge in [0, 0.05) is 10.7 Å². The van der Waals surface area contributed by atoms with E-state index in [-0.39, 0.29) is 4.90 Å². The molecule has 2 aromatic rings. The van der Waals surface area contributed by atoms with Gasteiger partial charge in [-0.2, -0.15) is 0 Å². The van der Waals surface area contributed by atoms with Crippen LogP contribution in [0.25, 0.3) is 11.1 Å².